The van der Waals surface area contributed by atoms with Crippen LogP contribution in [0.3, 0.4) is 0 Å². The number of hydrogen-bond donors (Lipinski definition) is 1. The summed E-state index contributed by atoms with van der Waals surface area (Å²) in [7, 11) is 0. The highest BCUT2D eigenvalue weighted by Gasteiger charge is 2.01. The molecule has 0 fully saturated rings. The molecular formula is C12H11ClFNS. The van der Waals surface area contributed by atoms with E-state index in [2.05, 4.69) is 5.32 Å². The van der Waals surface area contributed by atoms with Gasteiger partial charge in [-0.1, -0.05) is 17.7 Å². The minimum atomic E-state index is -0.225. The first-order valence-electron chi connectivity index (χ1n) is 4.89. The molecule has 0 saturated carbocycles. The van der Waals surface area contributed by atoms with Gasteiger partial charge in [-0.2, -0.15) is 0 Å². The molecule has 4 heteroatoms. The summed E-state index contributed by atoms with van der Waals surface area (Å²) in [5.74, 6) is -0.225. The Morgan fingerprint density at radius 3 is 2.81 bits per heavy atom. The molecule has 16 heavy (non-hydrogen) atoms. The molecule has 1 nitrogen and oxygen atoms in total. The number of aryl methyl sites for hydroxylation is 1. The molecule has 0 aliphatic heterocycles. The van der Waals surface area contributed by atoms with Gasteiger partial charge in [0.05, 0.1) is 4.34 Å². The summed E-state index contributed by atoms with van der Waals surface area (Å²) in [4.78, 5) is 1.13. The van der Waals surface area contributed by atoms with Crippen LogP contribution in [-0.2, 0) is 6.54 Å². The highest BCUT2D eigenvalue weighted by atomic mass is 35.5. The van der Waals surface area contributed by atoms with Gasteiger partial charge in [0, 0.05) is 17.1 Å². The standard InChI is InChI=1S/C12H11ClFNS/c1-8-2-3-9(14)6-11(8)15-7-10-4-5-12(13)16-10/h2-6,15H,7H2,1H3. The largest absolute Gasteiger partial charge is 0.380 e. The number of nitrogens with one attached hydrogen (secondary N) is 1. The van der Waals surface area contributed by atoms with Crippen LogP contribution < -0.4 is 5.32 Å². The highest BCUT2D eigenvalue weighted by Crippen LogP contribution is 2.23. The molecule has 0 radical (unpaired) electrons. The molecule has 1 N–H and O–H groups in total. The fourth-order valence-electron chi connectivity index (χ4n) is 1.41. The first kappa shape index (κ1) is 11.4. The summed E-state index contributed by atoms with van der Waals surface area (Å²) >= 11 is 7.36. The van der Waals surface area contributed by atoms with Gasteiger partial charge < -0.3 is 5.32 Å². The van der Waals surface area contributed by atoms with E-state index in [4.69, 9.17) is 11.6 Å². The Bertz CT molecular complexity index is 496. The van der Waals surface area contributed by atoms with Crippen molar-refractivity contribution in [2.75, 3.05) is 5.32 Å². The van der Waals surface area contributed by atoms with Gasteiger partial charge >= 0.3 is 0 Å². The SMILES string of the molecule is Cc1ccc(F)cc1NCc1ccc(Cl)s1. The van der Waals surface area contributed by atoms with Gasteiger partial charge in [-0.3, -0.25) is 0 Å². The maximum absolute atomic E-state index is 13.0. The third-order valence-corrected chi connectivity index (χ3v) is 3.51. The molecule has 0 saturated heterocycles. The van der Waals surface area contributed by atoms with Crippen molar-refractivity contribution in [2.45, 2.75) is 13.5 Å². The van der Waals surface area contributed by atoms with Gasteiger partial charge in [-0.25, -0.2) is 4.39 Å². The van der Waals surface area contributed by atoms with Gasteiger partial charge in [0.25, 0.3) is 0 Å². The second kappa shape index (κ2) is 4.85. The first-order chi connectivity index (χ1) is 7.65. The van der Waals surface area contributed by atoms with Gasteiger partial charge in [0.2, 0.25) is 0 Å². The highest BCUT2D eigenvalue weighted by molar-refractivity contribution is 7.16. The number of thiophene rings is 1. The molecule has 0 aliphatic rings. The number of anilines is 1. The quantitative estimate of drug-likeness (QED) is 0.854. The Labute approximate surface area is 103 Å². The molecule has 1 aromatic heterocycles. The Morgan fingerprint density at radius 2 is 2.12 bits per heavy atom. The maximum Gasteiger partial charge on any atom is 0.125 e. The molecule has 0 unspecified atom stereocenters. The average molecular weight is 256 g/mol. The second-order valence-electron chi connectivity index (χ2n) is 3.52. The average Bonchev–Trinajstić information content (AvgIpc) is 2.66. The molecule has 0 aliphatic carbocycles. The fraction of sp³-hybridized carbons (Fsp3) is 0.167. The van der Waals surface area contributed by atoms with Crippen LogP contribution in [0, 0.1) is 12.7 Å². The third-order valence-electron chi connectivity index (χ3n) is 2.28. The number of halogens is 2. The van der Waals surface area contributed by atoms with Gasteiger partial charge in [0.1, 0.15) is 5.82 Å². The molecule has 1 heterocycles. The lowest BCUT2D eigenvalue weighted by Gasteiger charge is -2.08. The van der Waals surface area contributed by atoms with Crippen molar-refractivity contribution in [1.29, 1.82) is 0 Å². The molecule has 0 atom stereocenters. The lowest BCUT2D eigenvalue weighted by molar-refractivity contribution is 0.628. The monoisotopic (exact) mass is 255 g/mol. The second-order valence-corrected chi connectivity index (χ2v) is 5.32. The summed E-state index contributed by atoms with van der Waals surface area (Å²) in [5.41, 5.74) is 1.86. The van der Waals surface area contributed by atoms with E-state index in [0.29, 0.717) is 6.54 Å². The molecule has 2 rings (SSSR count). The van der Waals surface area contributed by atoms with Crippen LogP contribution in [0.4, 0.5) is 10.1 Å². The zero-order chi connectivity index (χ0) is 11.5. The van der Waals surface area contributed by atoms with E-state index < -0.39 is 0 Å². The lowest BCUT2D eigenvalue weighted by Crippen LogP contribution is -1.99. The van der Waals surface area contributed by atoms with Crippen molar-refractivity contribution in [3.05, 3.63) is 50.9 Å². The molecule has 1 aromatic carbocycles. The predicted molar refractivity (Wildman–Crippen MR) is 67.8 cm³/mol. The summed E-state index contributed by atoms with van der Waals surface area (Å²) < 4.78 is 13.8. The zero-order valence-corrected chi connectivity index (χ0v) is 10.3. The van der Waals surface area contributed by atoms with Crippen molar-refractivity contribution in [1.82, 2.24) is 0 Å². The summed E-state index contributed by atoms with van der Waals surface area (Å²) in [6.07, 6.45) is 0. The van der Waals surface area contributed by atoms with Crippen LogP contribution in [0.5, 0.6) is 0 Å². The molecule has 0 bridgehead atoms. The van der Waals surface area contributed by atoms with Crippen LogP contribution in [0.25, 0.3) is 0 Å². The Morgan fingerprint density at radius 1 is 1.31 bits per heavy atom. The smallest absolute Gasteiger partial charge is 0.125 e. The normalized spacial score (nSPS) is 10.4. The summed E-state index contributed by atoms with van der Waals surface area (Å²) in [6.45, 7) is 2.62. The van der Waals surface area contributed by atoms with Crippen molar-refractivity contribution in [2.24, 2.45) is 0 Å². The van der Waals surface area contributed by atoms with Crippen LogP contribution in [0.1, 0.15) is 10.4 Å². The van der Waals surface area contributed by atoms with Crippen LogP contribution >= 0.6 is 22.9 Å². The summed E-state index contributed by atoms with van der Waals surface area (Å²) in [6, 6.07) is 8.56. The van der Waals surface area contributed by atoms with Gasteiger partial charge in [0.15, 0.2) is 0 Å². The van der Waals surface area contributed by atoms with E-state index in [1.54, 1.807) is 6.07 Å². The lowest BCUT2D eigenvalue weighted by atomic mass is 10.2. The topological polar surface area (TPSA) is 12.0 Å². The Kier molecular flexibility index (Phi) is 3.46. The summed E-state index contributed by atoms with van der Waals surface area (Å²) in [5, 5.41) is 3.20. The number of rotatable bonds is 3. The third kappa shape index (κ3) is 2.74. The predicted octanol–water partition coefficient (Wildman–Crippen LogP) is 4.46. The van der Waals surface area contributed by atoms with E-state index in [1.807, 2.05) is 19.1 Å². The van der Waals surface area contributed by atoms with Crippen molar-refractivity contribution in [3.8, 4) is 0 Å². The van der Waals surface area contributed by atoms with Crippen LogP contribution in [0.15, 0.2) is 30.3 Å². The van der Waals surface area contributed by atoms with E-state index in [-0.39, 0.29) is 5.82 Å². The van der Waals surface area contributed by atoms with Crippen LogP contribution in [-0.4, -0.2) is 0 Å². The van der Waals surface area contributed by atoms with Crippen molar-refractivity contribution in [3.63, 3.8) is 0 Å². The molecule has 0 spiro atoms. The minimum absolute atomic E-state index is 0.225. The minimum Gasteiger partial charge on any atom is -0.380 e. The van der Waals surface area contributed by atoms with Crippen molar-refractivity contribution < 1.29 is 4.39 Å². The fourth-order valence-corrected chi connectivity index (χ4v) is 2.44. The Hall–Kier alpha value is -1.06. The van der Waals surface area contributed by atoms with Gasteiger partial charge in [-0.15, -0.1) is 11.3 Å². The molecular weight excluding hydrogens is 245 g/mol. The van der Waals surface area contributed by atoms with E-state index in [9.17, 15) is 4.39 Å². The number of benzene rings is 1. The Balaban J connectivity index is 2.07. The molecule has 84 valence electrons. The molecule has 2 aromatic rings. The number of hydrogen-bond acceptors (Lipinski definition) is 2. The molecule has 0 amide bonds. The van der Waals surface area contributed by atoms with E-state index >= 15 is 0 Å². The van der Waals surface area contributed by atoms with Gasteiger partial charge in [-0.05, 0) is 36.8 Å². The van der Waals surface area contributed by atoms with Crippen molar-refractivity contribution >= 4 is 28.6 Å². The zero-order valence-electron chi connectivity index (χ0n) is 8.76. The van der Waals surface area contributed by atoms with E-state index in [0.717, 1.165) is 20.5 Å². The van der Waals surface area contributed by atoms with E-state index in [1.165, 1.54) is 23.5 Å². The maximum atomic E-state index is 13.0. The van der Waals surface area contributed by atoms with Crippen LogP contribution in [0.2, 0.25) is 4.34 Å². The first-order valence-corrected chi connectivity index (χ1v) is 6.09.